The molecule has 2 aromatic carbocycles. The molecule has 1 aliphatic rings. The van der Waals surface area contributed by atoms with Crippen LogP contribution in [-0.2, 0) is 6.42 Å². The van der Waals surface area contributed by atoms with Crippen LogP contribution in [0.4, 0.5) is 0 Å². The second kappa shape index (κ2) is 8.96. The van der Waals surface area contributed by atoms with Gasteiger partial charge in [0, 0.05) is 11.1 Å². The second-order valence-electron chi connectivity index (χ2n) is 8.07. The largest absolute Gasteiger partial charge is 0.494 e. The number of amides is 2. The summed E-state index contributed by atoms with van der Waals surface area (Å²) in [5, 5.41) is 1.70. The third-order valence-corrected chi connectivity index (χ3v) is 5.20. The molecular weight excluding hydrogens is 404 g/mol. The molecule has 0 fully saturated rings. The molecule has 0 saturated carbocycles. The monoisotopic (exact) mass is 430 g/mol. The number of ether oxygens (including phenoxy) is 2. The van der Waals surface area contributed by atoms with E-state index in [1.165, 1.54) is 5.01 Å². The number of hydrogen-bond acceptors (Lipinski definition) is 4. The maximum Gasteiger partial charge on any atom is 0.272 e. The van der Waals surface area contributed by atoms with Gasteiger partial charge in [-0.05, 0) is 76.9 Å². The summed E-state index contributed by atoms with van der Waals surface area (Å²) in [6.45, 7) is 8.63. The second-order valence-corrected chi connectivity index (χ2v) is 8.44. The molecule has 3 rings (SSSR count). The summed E-state index contributed by atoms with van der Waals surface area (Å²) in [5.41, 5.74) is 3.68. The maximum atomic E-state index is 13.2. The number of carbonyl (C=O) groups excluding carboxylic acids is 2. The van der Waals surface area contributed by atoms with E-state index >= 15 is 0 Å². The summed E-state index contributed by atoms with van der Waals surface area (Å²) in [6, 6.07) is 10.2. The molecule has 160 valence electrons. The molecule has 2 aromatic rings. The van der Waals surface area contributed by atoms with Crippen molar-refractivity contribution in [2.45, 2.75) is 46.1 Å². The highest BCUT2D eigenvalue weighted by atomic mass is 35.5. The van der Waals surface area contributed by atoms with Crippen LogP contribution in [0.5, 0.6) is 11.5 Å². The molecule has 1 aliphatic heterocycles. The predicted octanol–water partition coefficient (Wildman–Crippen LogP) is 4.65. The molecule has 2 amide bonds. The Hall–Kier alpha value is -2.73. The van der Waals surface area contributed by atoms with E-state index in [1.807, 2.05) is 27.7 Å². The molecule has 0 spiro atoms. The minimum Gasteiger partial charge on any atom is -0.494 e. The number of hydrogen-bond donors (Lipinski definition) is 1. The molecule has 0 bridgehead atoms. The van der Waals surface area contributed by atoms with Gasteiger partial charge in [0.05, 0.1) is 29.3 Å². The van der Waals surface area contributed by atoms with Crippen LogP contribution in [0, 0.1) is 0 Å². The van der Waals surface area contributed by atoms with E-state index in [2.05, 4.69) is 5.43 Å². The average molecular weight is 431 g/mol. The van der Waals surface area contributed by atoms with Crippen molar-refractivity contribution in [3.8, 4) is 11.5 Å². The smallest absolute Gasteiger partial charge is 0.272 e. The first-order valence-corrected chi connectivity index (χ1v) is 10.4. The van der Waals surface area contributed by atoms with E-state index in [0.717, 1.165) is 18.4 Å². The van der Waals surface area contributed by atoms with Crippen molar-refractivity contribution in [1.82, 2.24) is 10.4 Å². The van der Waals surface area contributed by atoms with Gasteiger partial charge in [0.15, 0.2) is 0 Å². The fourth-order valence-electron chi connectivity index (χ4n) is 3.25. The van der Waals surface area contributed by atoms with Gasteiger partial charge >= 0.3 is 0 Å². The van der Waals surface area contributed by atoms with Crippen LogP contribution < -0.4 is 14.9 Å². The highest BCUT2D eigenvalue weighted by Gasteiger charge is 2.31. The van der Waals surface area contributed by atoms with Crippen molar-refractivity contribution >= 4 is 23.4 Å². The Morgan fingerprint density at radius 3 is 2.50 bits per heavy atom. The quantitative estimate of drug-likeness (QED) is 0.717. The minimum atomic E-state index is -0.658. The molecule has 7 heteroatoms. The molecule has 30 heavy (non-hydrogen) atoms. The number of fused-ring (bicyclic) bond motifs is 1. The highest BCUT2D eigenvalue weighted by Crippen LogP contribution is 2.34. The number of rotatable bonds is 4. The lowest BCUT2D eigenvalue weighted by molar-refractivity contribution is 0.0358. The van der Waals surface area contributed by atoms with Crippen LogP contribution in [-0.4, -0.2) is 35.6 Å². The molecule has 0 aliphatic carbocycles. The fourth-order valence-corrected chi connectivity index (χ4v) is 3.59. The van der Waals surface area contributed by atoms with Gasteiger partial charge in [-0.2, -0.15) is 0 Å². The number of halogens is 1. The summed E-state index contributed by atoms with van der Waals surface area (Å²) >= 11 is 6.50. The van der Waals surface area contributed by atoms with Crippen molar-refractivity contribution in [2.24, 2.45) is 0 Å². The molecule has 1 N–H and O–H groups in total. The number of carbonyl (C=O) groups is 2. The van der Waals surface area contributed by atoms with Gasteiger partial charge in [0.1, 0.15) is 11.5 Å². The van der Waals surface area contributed by atoms with Gasteiger partial charge < -0.3 is 9.47 Å². The topological polar surface area (TPSA) is 67.9 Å². The Kier molecular flexibility index (Phi) is 6.56. The lowest BCUT2D eigenvalue weighted by atomic mass is 10.0. The van der Waals surface area contributed by atoms with Crippen LogP contribution in [0.1, 0.15) is 60.4 Å². The van der Waals surface area contributed by atoms with E-state index in [0.29, 0.717) is 40.9 Å². The van der Waals surface area contributed by atoms with E-state index in [4.69, 9.17) is 21.1 Å². The Morgan fingerprint density at radius 2 is 1.87 bits per heavy atom. The van der Waals surface area contributed by atoms with Gasteiger partial charge in [0.25, 0.3) is 11.8 Å². The van der Waals surface area contributed by atoms with E-state index in [-0.39, 0.29) is 5.91 Å². The van der Waals surface area contributed by atoms with Crippen molar-refractivity contribution in [3.63, 3.8) is 0 Å². The van der Waals surface area contributed by atoms with Crippen LogP contribution in [0.25, 0.3) is 0 Å². The molecule has 1 heterocycles. The molecule has 0 atom stereocenters. The maximum absolute atomic E-state index is 13.2. The van der Waals surface area contributed by atoms with E-state index < -0.39 is 11.4 Å². The summed E-state index contributed by atoms with van der Waals surface area (Å²) in [4.78, 5) is 26.2. The first-order chi connectivity index (χ1) is 14.2. The predicted molar refractivity (Wildman–Crippen MR) is 116 cm³/mol. The lowest BCUT2D eigenvalue weighted by Crippen LogP contribution is -2.55. The van der Waals surface area contributed by atoms with Crippen molar-refractivity contribution < 1.29 is 19.1 Å². The molecule has 0 unspecified atom stereocenters. The first-order valence-electron chi connectivity index (χ1n) is 10.0. The number of nitrogens with one attached hydrogen (secondary N) is 1. The molecule has 0 radical (unpaired) electrons. The molecule has 0 aromatic heterocycles. The third-order valence-electron chi connectivity index (χ3n) is 4.77. The van der Waals surface area contributed by atoms with Crippen molar-refractivity contribution in [2.75, 3.05) is 13.2 Å². The Labute approximate surface area is 182 Å². The van der Waals surface area contributed by atoms with Crippen LogP contribution in [0.3, 0.4) is 0 Å². The standard InChI is InChI=1S/C23H27ClN2O4/c1-5-29-16-10-8-15(9-11-16)22(28)26(23(2,3)4)25-21(27)18-12-13-19-17(20(18)24)7-6-14-30-19/h8-13H,5-7,14H2,1-4H3,(H,25,27). The van der Waals surface area contributed by atoms with Crippen LogP contribution >= 0.6 is 11.6 Å². The Morgan fingerprint density at radius 1 is 1.17 bits per heavy atom. The zero-order valence-electron chi connectivity index (χ0n) is 17.8. The normalized spacial score (nSPS) is 13.1. The zero-order chi connectivity index (χ0) is 21.9. The van der Waals surface area contributed by atoms with E-state index in [9.17, 15) is 9.59 Å². The minimum absolute atomic E-state index is 0.315. The van der Waals surface area contributed by atoms with Gasteiger partial charge in [-0.15, -0.1) is 0 Å². The van der Waals surface area contributed by atoms with Crippen LogP contribution in [0.15, 0.2) is 36.4 Å². The number of benzene rings is 2. The Bertz CT molecular complexity index is 935. The van der Waals surface area contributed by atoms with Gasteiger partial charge in [-0.25, -0.2) is 5.01 Å². The van der Waals surface area contributed by atoms with Gasteiger partial charge in [-0.1, -0.05) is 11.6 Å². The number of hydrazine groups is 1. The third kappa shape index (κ3) is 4.70. The summed E-state index contributed by atoms with van der Waals surface area (Å²) in [6.07, 6.45) is 1.60. The summed E-state index contributed by atoms with van der Waals surface area (Å²) in [7, 11) is 0. The Balaban J connectivity index is 1.85. The van der Waals surface area contributed by atoms with Gasteiger partial charge in [0.2, 0.25) is 0 Å². The lowest BCUT2D eigenvalue weighted by Gasteiger charge is -2.35. The average Bonchev–Trinajstić information content (AvgIpc) is 2.72. The van der Waals surface area contributed by atoms with Crippen molar-refractivity contribution in [3.05, 3.63) is 58.1 Å². The van der Waals surface area contributed by atoms with E-state index in [1.54, 1.807) is 36.4 Å². The zero-order valence-corrected chi connectivity index (χ0v) is 18.5. The first kappa shape index (κ1) is 22.0. The molecule has 0 saturated heterocycles. The van der Waals surface area contributed by atoms with Crippen LogP contribution in [0.2, 0.25) is 5.02 Å². The summed E-state index contributed by atoms with van der Waals surface area (Å²) < 4.78 is 11.0. The molecule has 6 nitrogen and oxygen atoms in total. The highest BCUT2D eigenvalue weighted by molar-refractivity contribution is 6.34. The fraction of sp³-hybridized carbons (Fsp3) is 0.391. The number of nitrogens with zero attached hydrogens (tertiary/aromatic N) is 1. The van der Waals surface area contributed by atoms with Gasteiger partial charge in [-0.3, -0.25) is 15.0 Å². The molecular formula is C23H27ClN2O4. The SMILES string of the molecule is CCOc1ccc(C(=O)N(NC(=O)c2ccc3c(c2Cl)CCCO3)C(C)(C)C)cc1. The van der Waals surface area contributed by atoms with Crippen molar-refractivity contribution in [1.29, 1.82) is 0 Å². The summed E-state index contributed by atoms with van der Waals surface area (Å²) in [5.74, 6) is 0.628.